The molecule has 5 nitrogen and oxygen atoms in total. The van der Waals surface area contributed by atoms with Gasteiger partial charge >= 0.3 is 0 Å². The minimum atomic E-state index is 0. The third-order valence-corrected chi connectivity index (χ3v) is 4.30. The second-order valence-electron chi connectivity index (χ2n) is 5.87. The Balaban J connectivity index is 0.00000192. The van der Waals surface area contributed by atoms with E-state index in [-0.39, 0.29) is 24.2 Å². The first-order valence-electron chi connectivity index (χ1n) is 7.70. The van der Waals surface area contributed by atoms with E-state index in [4.69, 9.17) is 0 Å². The van der Waals surface area contributed by atoms with E-state index in [0.29, 0.717) is 6.54 Å². The van der Waals surface area contributed by atoms with Crippen molar-refractivity contribution in [1.29, 1.82) is 0 Å². The molecule has 23 heavy (non-hydrogen) atoms. The molecular weight excluding hydrogens is 312 g/mol. The van der Waals surface area contributed by atoms with E-state index in [9.17, 15) is 4.79 Å². The highest BCUT2D eigenvalue weighted by molar-refractivity contribution is 5.85. The molecule has 0 radical (unpaired) electrons. The van der Waals surface area contributed by atoms with Crippen molar-refractivity contribution < 1.29 is 4.79 Å². The zero-order chi connectivity index (χ0) is 15.5. The summed E-state index contributed by atoms with van der Waals surface area (Å²) in [5.41, 5.74) is 4.45. The summed E-state index contributed by atoms with van der Waals surface area (Å²) in [6.07, 6.45) is 0. The van der Waals surface area contributed by atoms with Crippen molar-refractivity contribution in [3.63, 3.8) is 0 Å². The first-order valence-corrected chi connectivity index (χ1v) is 7.70. The van der Waals surface area contributed by atoms with Crippen molar-refractivity contribution in [3.05, 3.63) is 52.8 Å². The van der Waals surface area contributed by atoms with Crippen molar-refractivity contribution in [1.82, 2.24) is 20.4 Å². The first-order chi connectivity index (χ1) is 10.6. The van der Waals surface area contributed by atoms with Crippen LogP contribution in [0, 0.1) is 19.8 Å². The molecular formula is C17H23ClN4O. The van der Waals surface area contributed by atoms with Crippen LogP contribution in [0.3, 0.4) is 0 Å². The highest BCUT2D eigenvalue weighted by atomic mass is 35.5. The molecule has 0 atom stereocenters. The summed E-state index contributed by atoms with van der Waals surface area (Å²) in [5, 5.41) is 10.8. The molecule has 2 heterocycles. The van der Waals surface area contributed by atoms with Gasteiger partial charge in [0.25, 0.3) is 0 Å². The van der Waals surface area contributed by atoms with Crippen molar-refractivity contribution in [2.75, 3.05) is 13.1 Å². The molecule has 2 aromatic rings. The van der Waals surface area contributed by atoms with E-state index in [0.717, 1.165) is 36.6 Å². The van der Waals surface area contributed by atoms with Gasteiger partial charge in [0.1, 0.15) is 0 Å². The lowest BCUT2D eigenvalue weighted by Crippen LogP contribution is -2.50. The van der Waals surface area contributed by atoms with Gasteiger partial charge in [0.15, 0.2) is 0 Å². The predicted molar refractivity (Wildman–Crippen MR) is 92.7 cm³/mol. The van der Waals surface area contributed by atoms with Gasteiger partial charge in [-0.3, -0.25) is 9.48 Å². The molecule has 124 valence electrons. The minimum Gasteiger partial charge on any atom is -0.352 e. The molecule has 0 spiro atoms. The molecule has 0 aliphatic carbocycles. The number of carbonyl (C=O) groups is 1. The fraction of sp³-hybridized carbons (Fsp3) is 0.412. The van der Waals surface area contributed by atoms with E-state index in [1.54, 1.807) is 0 Å². The summed E-state index contributed by atoms with van der Waals surface area (Å²) in [6, 6.07) is 10.3. The van der Waals surface area contributed by atoms with Gasteiger partial charge in [0.2, 0.25) is 5.91 Å². The van der Waals surface area contributed by atoms with Gasteiger partial charge in [0.05, 0.1) is 18.2 Å². The fourth-order valence-corrected chi connectivity index (χ4v) is 2.69. The largest absolute Gasteiger partial charge is 0.352 e. The third kappa shape index (κ3) is 3.92. The van der Waals surface area contributed by atoms with Crippen LogP contribution in [0.1, 0.15) is 22.5 Å². The Morgan fingerprint density at radius 2 is 2.00 bits per heavy atom. The molecule has 3 rings (SSSR count). The maximum absolute atomic E-state index is 11.9. The van der Waals surface area contributed by atoms with Gasteiger partial charge in [0, 0.05) is 30.9 Å². The highest BCUT2D eigenvalue weighted by Gasteiger charge is 2.25. The van der Waals surface area contributed by atoms with Crippen LogP contribution in [0.4, 0.5) is 0 Å². The number of aromatic nitrogens is 2. The lowest BCUT2D eigenvalue weighted by Gasteiger charge is -2.25. The minimum absolute atomic E-state index is 0. The smallest absolute Gasteiger partial charge is 0.225 e. The predicted octanol–water partition coefficient (Wildman–Crippen LogP) is 1.81. The molecule has 1 amide bonds. The molecule has 0 bridgehead atoms. The summed E-state index contributed by atoms with van der Waals surface area (Å²) in [5.74, 6) is 0.258. The number of benzene rings is 1. The van der Waals surface area contributed by atoms with Crippen LogP contribution < -0.4 is 10.6 Å². The van der Waals surface area contributed by atoms with E-state index in [1.165, 1.54) is 5.56 Å². The molecule has 6 heteroatoms. The Labute approximate surface area is 142 Å². The van der Waals surface area contributed by atoms with Gasteiger partial charge in [-0.1, -0.05) is 30.3 Å². The summed E-state index contributed by atoms with van der Waals surface area (Å²) >= 11 is 0. The van der Waals surface area contributed by atoms with E-state index >= 15 is 0 Å². The second-order valence-corrected chi connectivity index (χ2v) is 5.87. The van der Waals surface area contributed by atoms with Gasteiger partial charge in [-0.15, -0.1) is 12.4 Å². The number of carbonyl (C=O) groups excluding carboxylic acids is 1. The Morgan fingerprint density at radius 3 is 2.61 bits per heavy atom. The summed E-state index contributed by atoms with van der Waals surface area (Å²) in [6.45, 7) is 6.96. The Bertz CT molecular complexity index is 665. The van der Waals surface area contributed by atoms with Gasteiger partial charge < -0.3 is 10.6 Å². The molecule has 1 saturated heterocycles. The van der Waals surface area contributed by atoms with Crippen molar-refractivity contribution in [3.8, 4) is 0 Å². The summed E-state index contributed by atoms with van der Waals surface area (Å²) in [7, 11) is 0. The zero-order valence-corrected chi connectivity index (χ0v) is 14.3. The van der Waals surface area contributed by atoms with Gasteiger partial charge in [-0.05, 0) is 19.4 Å². The summed E-state index contributed by atoms with van der Waals surface area (Å²) in [4.78, 5) is 11.9. The molecule has 2 N–H and O–H groups in total. The van der Waals surface area contributed by atoms with E-state index in [1.807, 2.05) is 29.8 Å². The molecule has 1 aliphatic heterocycles. The lowest BCUT2D eigenvalue weighted by molar-refractivity contribution is -0.126. The maximum Gasteiger partial charge on any atom is 0.225 e. The lowest BCUT2D eigenvalue weighted by atomic mass is 10.0. The third-order valence-electron chi connectivity index (χ3n) is 4.30. The molecule has 1 fully saturated rings. The Hall–Kier alpha value is -1.85. The number of halogens is 1. The van der Waals surface area contributed by atoms with Crippen LogP contribution in [0.2, 0.25) is 0 Å². The SMILES string of the molecule is Cc1nn(Cc2ccccc2)c(C)c1CNC(=O)C1CNC1.Cl. The Kier molecular flexibility index (Phi) is 5.80. The molecule has 0 saturated carbocycles. The van der Waals surface area contributed by atoms with Crippen LogP contribution in [0.15, 0.2) is 30.3 Å². The monoisotopic (exact) mass is 334 g/mol. The number of nitrogens with one attached hydrogen (secondary N) is 2. The van der Waals surface area contributed by atoms with Crippen LogP contribution in [0.25, 0.3) is 0 Å². The van der Waals surface area contributed by atoms with Crippen molar-refractivity contribution in [2.45, 2.75) is 26.9 Å². The summed E-state index contributed by atoms with van der Waals surface area (Å²) < 4.78 is 2.01. The molecule has 1 aromatic heterocycles. The number of hydrogen-bond donors (Lipinski definition) is 2. The maximum atomic E-state index is 11.9. The second kappa shape index (κ2) is 7.62. The normalized spacial score (nSPS) is 14.0. The highest BCUT2D eigenvalue weighted by Crippen LogP contribution is 2.15. The van der Waals surface area contributed by atoms with E-state index in [2.05, 4.69) is 34.8 Å². The fourth-order valence-electron chi connectivity index (χ4n) is 2.69. The van der Waals surface area contributed by atoms with Gasteiger partial charge in [-0.25, -0.2) is 0 Å². The average molecular weight is 335 g/mol. The van der Waals surface area contributed by atoms with Crippen molar-refractivity contribution >= 4 is 18.3 Å². The van der Waals surface area contributed by atoms with Crippen LogP contribution in [-0.2, 0) is 17.9 Å². The topological polar surface area (TPSA) is 59.0 Å². The standard InChI is InChI=1S/C17H22N4O.ClH/c1-12-16(10-19-17(22)15-8-18-9-15)13(2)21(20-12)11-14-6-4-3-5-7-14;/h3-7,15,18H,8-11H2,1-2H3,(H,19,22);1H. The van der Waals surface area contributed by atoms with Crippen LogP contribution in [-0.4, -0.2) is 28.8 Å². The Morgan fingerprint density at radius 1 is 1.30 bits per heavy atom. The van der Waals surface area contributed by atoms with Gasteiger partial charge in [-0.2, -0.15) is 5.10 Å². The number of amides is 1. The number of nitrogens with zero attached hydrogens (tertiary/aromatic N) is 2. The number of aryl methyl sites for hydroxylation is 1. The molecule has 0 unspecified atom stereocenters. The number of rotatable bonds is 5. The van der Waals surface area contributed by atoms with Crippen LogP contribution in [0.5, 0.6) is 0 Å². The van der Waals surface area contributed by atoms with Crippen molar-refractivity contribution in [2.24, 2.45) is 5.92 Å². The first kappa shape index (κ1) is 17.5. The zero-order valence-electron chi connectivity index (χ0n) is 13.5. The number of hydrogen-bond acceptors (Lipinski definition) is 3. The molecule has 1 aromatic carbocycles. The van der Waals surface area contributed by atoms with Crippen LogP contribution >= 0.6 is 12.4 Å². The van der Waals surface area contributed by atoms with E-state index < -0.39 is 0 Å². The quantitative estimate of drug-likeness (QED) is 0.876. The average Bonchev–Trinajstić information content (AvgIpc) is 2.71. The molecule has 1 aliphatic rings.